The van der Waals surface area contributed by atoms with Gasteiger partial charge in [-0.25, -0.2) is 0 Å². The van der Waals surface area contributed by atoms with Gasteiger partial charge in [0.05, 0.1) is 11.8 Å². The number of Topliss-reactive ketones (excluding diaryl/α,β-unsaturated/α-hetero) is 1. The minimum Gasteiger partial charge on any atom is -0.352 e. The van der Waals surface area contributed by atoms with Gasteiger partial charge in [-0.3, -0.25) is 24.2 Å². The van der Waals surface area contributed by atoms with Crippen molar-refractivity contribution < 1.29 is 19.2 Å². The molecule has 1 aliphatic carbocycles. The minimum absolute atomic E-state index is 0.0395. The summed E-state index contributed by atoms with van der Waals surface area (Å²) < 4.78 is 2.01. The Morgan fingerprint density at radius 1 is 1.19 bits per heavy atom. The van der Waals surface area contributed by atoms with Crippen LogP contribution in [0, 0.1) is 11.8 Å². The number of aromatic nitrogens is 2. The van der Waals surface area contributed by atoms with Crippen LogP contribution in [0.15, 0.2) is 36.8 Å². The summed E-state index contributed by atoms with van der Waals surface area (Å²) in [5.41, 5.74) is 2.94. The molecule has 3 N–H and O–H groups in total. The van der Waals surface area contributed by atoms with E-state index in [0.717, 1.165) is 29.7 Å². The highest BCUT2D eigenvalue weighted by molar-refractivity contribution is 5.93. The van der Waals surface area contributed by atoms with Gasteiger partial charge in [0, 0.05) is 56.8 Å². The van der Waals surface area contributed by atoms with Gasteiger partial charge in [-0.1, -0.05) is 20.3 Å². The van der Waals surface area contributed by atoms with E-state index in [1.165, 1.54) is 6.92 Å². The van der Waals surface area contributed by atoms with Crippen LogP contribution in [0.4, 0.5) is 0 Å². The minimum atomic E-state index is -0.659. The molecule has 3 amide bonds. The van der Waals surface area contributed by atoms with Gasteiger partial charge < -0.3 is 20.5 Å². The molecule has 0 spiro atoms. The molecule has 4 rings (SSSR count). The molecule has 0 aromatic carbocycles. The third kappa shape index (κ3) is 5.50. The molecule has 3 heterocycles. The number of ketones is 1. The lowest BCUT2D eigenvalue weighted by atomic mass is 9.79. The van der Waals surface area contributed by atoms with Crippen LogP contribution in [0.5, 0.6) is 0 Å². The van der Waals surface area contributed by atoms with Crippen LogP contribution in [0.1, 0.15) is 62.8 Å². The first-order valence-electron chi connectivity index (χ1n) is 12.7. The molecule has 2 aliphatic rings. The predicted molar refractivity (Wildman–Crippen MR) is 134 cm³/mol. The van der Waals surface area contributed by atoms with E-state index in [-0.39, 0.29) is 41.9 Å². The third-order valence-electron chi connectivity index (χ3n) is 7.50. The normalized spacial score (nSPS) is 22.5. The average molecular weight is 494 g/mol. The fraction of sp³-hybridized carbons (Fsp3) is 0.519. The Kier molecular flexibility index (Phi) is 7.86. The van der Waals surface area contributed by atoms with Crippen molar-refractivity contribution in [2.45, 2.75) is 77.5 Å². The maximum absolute atomic E-state index is 13.6. The number of carbonyl (C=O) groups excluding carboxylic acids is 4. The van der Waals surface area contributed by atoms with Crippen LogP contribution in [0.3, 0.4) is 0 Å². The zero-order valence-electron chi connectivity index (χ0n) is 21.1. The number of nitrogens with zero attached hydrogens (tertiary/aromatic N) is 2. The van der Waals surface area contributed by atoms with Gasteiger partial charge >= 0.3 is 0 Å². The maximum Gasteiger partial charge on any atom is 0.243 e. The Balaban J connectivity index is 1.51. The van der Waals surface area contributed by atoms with Gasteiger partial charge in [0.15, 0.2) is 0 Å². The molecule has 2 aromatic heterocycles. The summed E-state index contributed by atoms with van der Waals surface area (Å²) in [5, 5.41) is 8.81. The smallest absolute Gasteiger partial charge is 0.243 e. The van der Waals surface area contributed by atoms with E-state index in [1.54, 1.807) is 12.4 Å². The highest BCUT2D eigenvalue weighted by Gasteiger charge is 2.42. The van der Waals surface area contributed by atoms with Crippen LogP contribution in [0.2, 0.25) is 0 Å². The van der Waals surface area contributed by atoms with Gasteiger partial charge in [-0.05, 0) is 48.1 Å². The first kappa shape index (κ1) is 25.6. The summed E-state index contributed by atoms with van der Waals surface area (Å²) in [6.45, 7) is 6.09. The maximum atomic E-state index is 13.6. The Morgan fingerprint density at radius 3 is 2.64 bits per heavy atom. The largest absolute Gasteiger partial charge is 0.352 e. The van der Waals surface area contributed by atoms with Crippen LogP contribution in [0.25, 0.3) is 0 Å². The van der Waals surface area contributed by atoms with Crippen molar-refractivity contribution in [1.29, 1.82) is 0 Å². The second kappa shape index (κ2) is 11.1. The van der Waals surface area contributed by atoms with E-state index < -0.39 is 17.9 Å². The fourth-order valence-corrected chi connectivity index (χ4v) is 5.35. The summed E-state index contributed by atoms with van der Waals surface area (Å²) in [6.07, 6.45) is 7.51. The number of nitrogens with one attached hydrogen (secondary N) is 3. The molecule has 0 fully saturated rings. The van der Waals surface area contributed by atoms with Crippen LogP contribution < -0.4 is 16.0 Å². The second-order valence-electron chi connectivity index (χ2n) is 10.0. The van der Waals surface area contributed by atoms with Gasteiger partial charge in [-0.2, -0.15) is 0 Å². The van der Waals surface area contributed by atoms with Gasteiger partial charge in [0.2, 0.25) is 17.7 Å². The quantitative estimate of drug-likeness (QED) is 0.518. The Hall–Kier alpha value is -3.49. The SMILES string of the molecule is CC[C@H](C)[C@H](NC(C)=O)C(=O)N[C@H]1CCc2ccn3c2C1C(=O)C[C@H](C(=O)NCc1ccncc1)C3. The van der Waals surface area contributed by atoms with E-state index in [0.29, 0.717) is 19.5 Å². The third-order valence-corrected chi connectivity index (χ3v) is 7.50. The number of rotatable bonds is 8. The van der Waals surface area contributed by atoms with Gasteiger partial charge in [0.1, 0.15) is 11.8 Å². The van der Waals surface area contributed by atoms with Crippen molar-refractivity contribution in [1.82, 2.24) is 25.5 Å². The van der Waals surface area contributed by atoms with Crippen molar-refractivity contribution in [2.24, 2.45) is 11.8 Å². The van der Waals surface area contributed by atoms with Crippen molar-refractivity contribution in [3.05, 3.63) is 53.6 Å². The molecular formula is C27H35N5O4. The van der Waals surface area contributed by atoms with E-state index in [9.17, 15) is 19.2 Å². The molecule has 2 aromatic rings. The zero-order valence-corrected chi connectivity index (χ0v) is 21.1. The molecule has 0 radical (unpaired) electrons. The molecule has 5 atom stereocenters. The zero-order chi connectivity index (χ0) is 25.8. The van der Waals surface area contributed by atoms with E-state index in [2.05, 4.69) is 20.9 Å². The molecule has 192 valence electrons. The summed E-state index contributed by atoms with van der Waals surface area (Å²) in [6, 6.07) is 4.66. The number of aryl methyl sites for hydroxylation is 1. The summed E-state index contributed by atoms with van der Waals surface area (Å²) in [7, 11) is 0. The molecule has 0 bridgehead atoms. The Labute approximate surface area is 211 Å². The van der Waals surface area contributed by atoms with Crippen molar-refractivity contribution in [3.8, 4) is 0 Å². The lowest BCUT2D eigenvalue weighted by Gasteiger charge is -2.34. The standard InChI is InChI=1S/C27H35N5O4/c1-4-16(2)24(30-17(3)33)27(36)31-21-6-5-19-9-12-32-15-20(13-22(34)23(21)25(19)32)26(35)29-14-18-7-10-28-11-8-18/h7-12,16,20-21,23-24H,4-6,13-15H2,1-3H3,(H,29,35)(H,30,33)(H,31,36)/t16-,20-,21-,23?,24-/m0/s1. The van der Waals surface area contributed by atoms with Gasteiger partial charge in [-0.15, -0.1) is 0 Å². The predicted octanol–water partition coefficient (Wildman–Crippen LogP) is 1.85. The monoisotopic (exact) mass is 493 g/mol. The van der Waals surface area contributed by atoms with Gasteiger partial charge in [0.25, 0.3) is 0 Å². The van der Waals surface area contributed by atoms with Crippen LogP contribution in [-0.4, -0.2) is 45.1 Å². The number of carbonyl (C=O) groups is 4. The van der Waals surface area contributed by atoms with Crippen LogP contribution >= 0.6 is 0 Å². The number of hydrogen-bond acceptors (Lipinski definition) is 5. The average Bonchev–Trinajstić information content (AvgIpc) is 3.20. The summed E-state index contributed by atoms with van der Waals surface area (Å²) in [5.74, 6) is -1.79. The van der Waals surface area contributed by atoms with E-state index in [1.807, 2.05) is 42.8 Å². The molecule has 9 heteroatoms. The van der Waals surface area contributed by atoms with Crippen molar-refractivity contribution >= 4 is 23.5 Å². The van der Waals surface area contributed by atoms with E-state index in [4.69, 9.17) is 0 Å². The van der Waals surface area contributed by atoms with E-state index >= 15 is 0 Å². The molecule has 36 heavy (non-hydrogen) atoms. The first-order valence-corrected chi connectivity index (χ1v) is 12.7. The molecule has 9 nitrogen and oxygen atoms in total. The highest BCUT2D eigenvalue weighted by atomic mass is 16.2. The lowest BCUT2D eigenvalue weighted by molar-refractivity contribution is -0.132. The topological polar surface area (TPSA) is 122 Å². The summed E-state index contributed by atoms with van der Waals surface area (Å²) >= 11 is 0. The molecule has 0 saturated carbocycles. The molecule has 1 aliphatic heterocycles. The second-order valence-corrected chi connectivity index (χ2v) is 10.0. The number of pyridine rings is 1. The fourth-order valence-electron chi connectivity index (χ4n) is 5.35. The van der Waals surface area contributed by atoms with Crippen molar-refractivity contribution in [3.63, 3.8) is 0 Å². The Morgan fingerprint density at radius 2 is 1.94 bits per heavy atom. The number of hydrogen-bond donors (Lipinski definition) is 3. The number of amides is 3. The highest BCUT2D eigenvalue weighted by Crippen LogP contribution is 2.38. The van der Waals surface area contributed by atoms with Crippen molar-refractivity contribution in [2.75, 3.05) is 0 Å². The Bertz CT molecular complexity index is 1130. The lowest BCUT2D eigenvalue weighted by Crippen LogP contribution is -2.54. The molecule has 1 unspecified atom stereocenters. The molecule has 0 saturated heterocycles. The van der Waals surface area contributed by atoms with Crippen LogP contribution in [-0.2, 0) is 38.7 Å². The molecular weight excluding hydrogens is 458 g/mol. The first-order chi connectivity index (χ1) is 17.3. The summed E-state index contributed by atoms with van der Waals surface area (Å²) in [4.78, 5) is 55.6.